The molecule has 7 heteroatoms. The summed E-state index contributed by atoms with van der Waals surface area (Å²) in [5, 5.41) is 6.85. The fourth-order valence-corrected chi connectivity index (χ4v) is 3.53. The van der Waals surface area contributed by atoms with Crippen molar-refractivity contribution >= 4 is 41.7 Å². The molecule has 0 saturated carbocycles. The Hall–Kier alpha value is -1.19. The molecule has 2 N–H and O–H groups in total. The highest BCUT2D eigenvalue weighted by Crippen LogP contribution is 2.15. The van der Waals surface area contributed by atoms with Gasteiger partial charge < -0.3 is 19.8 Å². The van der Waals surface area contributed by atoms with Crippen LogP contribution in [0.25, 0.3) is 0 Å². The second-order valence-corrected chi connectivity index (χ2v) is 7.43. The Kier molecular flexibility index (Phi) is 10.7. The molecule has 0 amide bonds. The number of benzene rings is 1. The van der Waals surface area contributed by atoms with Gasteiger partial charge in [-0.1, -0.05) is 18.2 Å². The summed E-state index contributed by atoms with van der Waals surface area (Å²) >= 11 is 1.85. The second kappa shape index (κ2) is 13.1. The largest absolute Gasteiger partial charge is 0.469 e. The third-order valence-electron chi connectivity index (χ3n) is 4.18. The van der Waals surface area contributed by atoms with Crippen LogP contribution in [-0.4, -0.2) is 44.6 Å². The van der Waals surface area contributed by atoms with Crippen LogP contribution < -0.4 is 10.6 Å². The minimum Gasteiger partial charge on any atom is -0.469 e. The number of nitrogens with zero attached hydrogens (tertiary/aromatic N) is 1. The minimum atomic E-state index is 0. The number of thioether (sulfide) groups is 1. The Morgan fingerprint density at radius 1 is 1.11 bits per heavy atom. The lowest BCUT2D eigenvalue weighted by atomic mass is 10.1. The van der Waals surface area contributed by atoms with E-state index in [-0.39, 0.29) is 24.0 Å². The molecule has 148 valence electrons. The van der Waals surface area contributed by atoms with Crippen LogP contribution in [0.4, 0.5) is 0 Å². The van der Waals surface area contributed by atoms with Crippen molar-refractivity contribution in [2.75, 3.05) is 38.6 Å². The molecule has 0 bridgehead atoms. The summed E-state index contributed by atoms with van der Waals surface area (Å²) in [5.41, 5.74) is 0. The van der Waals surface area contributed by atoms with Crippen LogP contribution in [0.3, 0.4) is 0 Å². The van der Waals surface area contributed by atoms with E-state index in [4.69, 9.17) is 14.1 Å². The quantitative estimate of drug-likeness (QED) is 0.180. The lowest BCUT2D eigenvalue weighted by Gasteiger charge is -2.13. The molecule has 1 aromatic heterocycles. The number of nitrogens with one attached hydrogen (secondary N) is 2. The average molecular weight is 501 g/mol. The van der Waals surface area contributed by atoms with Crippen LogP contribution in [0, 0.1) is 5.92 Å². The summed E-state index contributed by atoms with van der Waals surface area (Å²) in [5.74, 6) is 3.39. The third-order valence-corrected chi connectivity index (χ3v) is 5.20. The number of hydrogen-bond acceptors (Lipinski definition) is 4. The SMILES string of the molecule is I.c1ccc(SCCNC(=NCC2CCOC2)NCCc2ccco2)cc1. The molecule has 27 heavy (non-hydrogen) atoms. The fourth-order valence-electron chi connectivity index (χ4n) is 2.74. The molecule has 2 heterocycles. The van der Waals surface area contributed by atoms with E-state index < -0.39 is 0 Å². The Morgan fingerprint density at radius 3 is 2.70 bits per heavy atom. The van der Waals surface area contributed by atoms with E-state index >= 15 is 0 Å². The minimum absolute atomic E-state index is 0. The summed E-state index contributed by atoms with van der Waals surface area (Å²) in [6.45, 7) is 4.16. The zero-order chi connectivity index (χ0) is 17.9. The second-order valence-electron chi connectivity index (χ2n) is 6.26. The van der Waals surface area contributed by atoms with E-state index in [9.17, 15) is 0 Å². The molecular formula is C20H28IN3O2S. The number of guanidine groups is 1. The van der Waals surface area contributed by atoms with Gasteiger partial charge in [0.25, 0.3) is 0 Å². The van der Waals surface area contributed by atoms with Gasteiger partial charge in [-0.05, 0) is 30.7 Å². The Morgan fingerprint density at radius 2 is 1.96 bits per heavy atom. The monoisotopic (exact) mass is 501 g/mol. The van der Waals surface area contributed by atoms with E-state index in [1.54, 1.807) is 6.26 Å². The molecule has 5 nitrogen and oxygen atoms in total. The molecule has 1 aromatic carbocycles. The van der Waals surface area contributed by atoms with Gasteiger partial charge in [-0.2, -0.15) is 0 Å². The number of aliphatic imine (C=N–C) groups is 1. The number of halogens is 1. The Bertz CT molecular complexity index is 647. The Labute approximate surface area is 182 Å². The molecule has 1 aliphatic rings. The van der Waals surface area contributed by atoms with Gasteiger partial charge in [0.2, 0.25) is 0 Å². The maximum Gasteiger partial charge on any atom is 0.191 e. The average Bonchev–Trinajstić information content (AvgIpc) is 3.37. The van der Waals surface area contributed by atoms with E-state index in [1.807, 2.05) is 30.0 Å². The lowest BCUT2D eigenvalue weighted by molar-refractivity contribution is 0.187. The van der Waals surface area contributed by atoms with Crippen molar-refractivity contribution in [1.29, 1.82) is 0 Å². The standard InChI is InChI=1S/C20H27N3O2S.HI/c1-2-6-19(7-3-1)26-14-11-22-20(23-15-17-9-13-24-16-17)21-10-8-18-5-4-12-25-18;/h1-7,12,17H,8-11,13-16H2,(H2,21,22,23);1H. The first kappa shape index (κ1) is 22.1. The van der Waals surface area contributed by atoms with E-state index in [0.717, 1.165) is 63.2 Å². The van der Waals surface area contributed by atoms with Crippen molar-refractivity contribution in [3.63, 3.8) is 0 Å². The zero-order valence-corrected chi connectivity index (χ0v) is 18.6. The Balaban J connectivity index is 0.00000261. The maximum absolute atomic E-state index is 5.44. The molecule has 3 rings (SSSR count). The number of rotatable bonds is 9. The van der Waals surface area contributed by atoms with Gasteiger partial charge in [0.15, 0.2) is 5.96 Å². The van der Waals surface area contributed by atoms with Gasteiger partial charge in [-0.25, -0.2) is 0 Å². The fraction of sp³-hybridized carbons (Fsp3) is 0.450. The van der Waals surface area contributed by atoms with Crippen LogP contribution >= 0.6 is 35.7 Å². The molecule has 1 fully saturated rings. The molecule has 1 saturated heterocycles. The maximum atomic E-state index is 5.44. The predicted octanol–water partition coefficient (Wildman–Crippen LogP) is 3.80. The molecule has 2 aromatic rings. The normalized spacial score (nSPS) is 16.7. The van der Waals surface area contributed by atoms with Crippen molar-refractivity contribution in [3.8, 4) is 0 Å². The lowest BCUT2D eigenvalue weighted by Crippen LogP contribution is -2.40. The van der Waals surface area contributed by atoms with Crippen LogP contribution in [0.15, 0.2) is 63.0 Å². The van der Waals surface area contributed by atoms with Crippen LogP contribution in [-0.2, 0) is 11.2 Å². The first-order chi connectivity index (χ1) is 12.9. The van der Waals surface area contributed by atoms with Gasteiger partial charge in [0.05, 0.1) is 12.9 Å². The number of furan rings is 1. The summed E-state index contributed by atoms with van der Waals surface area (Å²) in [6, 6.07) is 14.4. The first-order valence-electron chi connectivity index (χ1n) is 9.20. The van der Waals surface area contributed by atoms with Crippen LogP contribution in [0.5, 0.6) is 0 Å². The number of hydrogen-bond donors (Lipinski definition) is 2. The smallest absolute Gasteiger partial charge is 0.191 e. The van der Waals surface area contributed by atoms with Crippen LogP contribution in [0.1, 0.15) is 12.2 Å². The van der Waals surface area contributed by atoms with Crippen molar-refractivity contribution in [2.45, 2.75) is 17.7 Å². The molecule has 0 radical (unpaired) electrons. The molecule has 1 unspecified atom stereocenters. The van der Waals surface area contributed by atoms with E-state index in [1.165, 1.54) is 4.90 Å². The van der Waals surface area contributed by atoms with Crippen molar-refractivity contribution in [1.82, 2.24) is 10.6 Å². The van der Waals surface area contributed by atoms with Gasteiger partial charge >= 0.3 is 0 Å². The molecule has 1 aliphatic heterocycles. The number of ether oxygens (including phenoxy) is 1. The molecule has 0 spiro atoms. The summed E-state index contributed by atoms with van der Waals surface area (Å²) < 4.78 is 10.8. The van der Waals surface area contributed by atoms with E-state index in [0.29, 0.717) is 5.92 Å². The summed E-state index contributed by atoms with van der Waals surface area (Å²) in [4.78, 5) is 6.04. The highest BCUT2D eigenvalue weighted by atomic mass is 127. The van der Waals surface area contributed by atoms with E-state index in [2.05, 4.69) is 34.9 Å². The van der Waals surface area contributed by atoms with Crippen molar-refractivity contribution < 1.29 is 9.15 Å². The van der Waals surface area contributed by atoms with Gasteiger partial charge in [0.1, 0.15) is 5.76 Å². The van der Waals surface area contributed by atoms with Crippen LogP contribution in [0.2, 0.25) is 0 Å². The molecule has 0 aliphatic carbocycles. The molecular weight excluding hydrogens is 473 g/mol. The topological polar surface area (TPSA) is 58.8 Å². The van der Waals surface area contributed by atoms with Gasteiger partial charge in [0, 0.05) is 49.2 Å². The molecule has 1 atom stereocenters. The highest BCUT2D eigenvalue weighted by molar-refractivity contribution is 14.0. The summed E-state index contributed by atoms with van der Waals surface area (Å²) in [6.07, 6.45) is 3.66. The third kappa shape index (κ3) is 8.57. The van der Waals surface area contributed by atoms with Crippen molar-refractivity contribution in [2.24, 2.45) is 10.9 Å². The summed E-state index contributed by atoms with van der Waals surface area (Å²) in [7, 11) is 0. The van der Waals surface area contributed by atoms with Gasteiger partial charge in [-0.15, -0.1) is 35.7 Å². The van der Waals surface area contributed by atoms with Crippen molar-refractivity contribution in [3.05, 3.63) is 54.5 Å². The zero-order valence-electron chi connectivity index (χ0n) is 15.4. The highest BCUT2D eigenvalue weighted by Gasteiger charge is 2.15. The van der Waals surface area contributed by atoms with Gasteiger partial charge in [-0.3, -0.25) is 4.99 Å². The predicted molar refractivity (Wildman–Crippen MR) is 122 cm³/mol. The first-order valence-corrected chi connectivity index (χ1v) is 10.2.